The lowest BCUT2D eigenvalue weighted by Gasteiger charge is -2.32. The van der Waals surface area contributed by atoms with E-state index in [1.54, 1.807) is 0 Å². The molecule has 2 rings (SSSR count). The Balaban J connectivity index is 2.23. The van der Waals surface area contributed by atoms with E-state index in [0.29, 0.717) is 12.6 Å². The van der Waals surface area contributed by atoms with Crippen LogP contribution in [0.2, 0.25) is 5.02 Å². The number of nitrogens with two attached hydrogens (primary N) is 1. The van der Waals surface area contributed by atoms with Gasteiger partial charge in [-0.15, -0.1) is 0 Å². The van der Waals surface area contributed by atoms with Crippen molar-refractivity contribution >= 4 is 17.3 Å². The molecular weight excluding hydrogens is 256 g/mol. The number of benzene rings is 1. The summed E-state index contributed by atoms with van der Waals surface area (Å²) in [5, 5.41) is 0.881. The summed E-state index contributed by atoms with van der Waals surface area (Å²) in [6, 6.07) is 7.08. The highest BCUT2D eigenvalue weighted by molar-refractivity contribution is 6.33. The van der Waals surface area contributed by atoms with Crippen molar-refractivity contribution in [3.8, 4) is 0 Å². The molecule has 1 saturated heterocycles. The summed E-state index contributed by atoms with van der Waals surface area (Å²) in [5.74, 6) is 0. The highest BCUT2D eigenvalue weighted by Crippen LogP contribution is 2.32. The fourth-order valence-corrected chi connectivity index (χ4v) is 3.34. The van der Waals surface area contributed by atoms with Crippen molar-refractivity contribution in [3.05, 3.63) is 28.8 Å². The third-order valence-corrected chi connectivity index (χ3v) is 4.41. The minimum atomic E-state index is 0.639. The van der Waals surface area contributed by atoms with Gasteiger partial charge in [0.1, 0.15) is 0 Å². The zero-order valence-corrected chi connectivity index (χ0v) is 12.6. The number of halogens is 1. The van der Waals surface area contributed by atoms with Gasteiger partial charge in [0, 0.05) is 12.6 Å². The Bertz CT molecular complexity index is 406. The Kier molecular flexibility index (Phi) is 5.53. The molecule has 1 aliphatic rings. The molecule has 1 heterocycles. The first kappa shape index (κ1) is 14.7. The Hall–Kier alpha value is -0.730. The van der Waals surface area contributed by atoms with E-state index in [1.807, 2.05) is 0 Å². The number of hydrogen-bond acceptors (Lipinski definition) is 2. The predicted molar refractivity (Wildman–Crippen MR) is 84.1 cm³/mol. The van der Waals surface area contributed by atoms with E-state index in [-0.39, 0.29) is 0 Å². The zero-order valence-electron chi connectivity index (χ0n) is 11.9. The maximum Gasteiger partial charge on any atom is 0.0642 e. The second-order valence-electron chi connectivity index (χ2n) is 5.43. The fourth-order valence-electron chi connectivity index (χ4n) is 3.02. The van der Waals surface area contributed by atoms with Gasteiger partial charge in [-0.2, -0.15) is 0 Å². The first-order chi connectivity index (χ1) is 9.26. The molecule has 2 nitrogen and oxygen atoms in total. The molecule has 1 fully saturated rings. The average molecular weight is 281 g/mol. The molecule has 1 aromatic carbocycles. The van der Waals surface area contributed by atoms with Gasteiger partial charge >= 0.3 is 0 Å². The van der Waals surface area contributed by atoms with Crippen LogP contribution in [0.25, 0.3) is 0 Å². The number of hydrogen-bond donors (Lipinski definition) is 1. The van der Waals surface area contributed by atoms with Gasteiger partial charge in [0.05, 0.1) is 10.7 Å². The van der Waals surface area contributed by atoms with Gasteiger partial charge in [-0.1, -0.05) is 37.4 Å². The standard InChI is InChI=1S/C16H25ClN2/c1-2-14-6-4-3-5-11-19(14)16-8-7-13(9-10-18)12-15(16)17/h7-8,12,14H,2-6,9-11,18H2,1H3. The van der Waals surface area contributed by atoms with E-state index in [0.717, 1.165) is 18.0 Å². The predicted octanol–water partition coefficient (Wildman–Crippen LogP) is 4.00. The van der Waals surface area contributed by atoms with Crippen LogP contribution in [0.3, 0.4) is 0 Å². The highest BCUT2D eigenvalue weighted by Gasteiger charge is 2.21. The summed E-state index contributed by atoms with van der Waals surface area (Å²) in [7, 11) is 0. The van der Waals surface area contributed by atoms with Crippen LogP contribution < -0.4 is 10.6 Å². The van der Waals surface area contributed by atoms with Gasteiger partial charge in [0.15, 0.2) is 0 Å². The third-order valence-electron chi connectivity index (χ3n) is 4.10. The van der Waals surface area contributed by atoms with E-state index in [9.17, 15) is 0 Å². The van der Waals surface area contributed by atoms with Crippen molar-refractivity contribution in [1.82, 2.24) is 0 Å². The molecule has 1 unspecified atom stereocenters. The molecular formula is C16H25ClN2. The van der Waals surface area contributed by atoms with Crippen molar-refractivity contribution in [2.75, 3.05) is 18.0 Å². The van der Waals surface area contributed by atoms with Crippen molar-refractivity contribution in [2.24, 2.45) is 5.73 Å². The summed E-state index contributed by atoms with van der Waals surface area (Å²) in [6.45, 7) is 4.09. The average Bonchev–Trinajstić information content (AvgIpc) is 2.64. The summed E-state index contributed by atoms with van der Waals surface area (Å²) >= 11 is 6.49. The molecule has 0 saturated carbocycles. The van der Waals surface area contributed by atoms with Crippen LogP contribution >= 0.6 is 11.6 Å². The smallest absolute Gasteiger partial charge is 0.0642 e. The normalized spacial score (nSPS) is 20.4. The van der Waals surface area contributed by atoms with E-state index in [1.165, 1.54) is 43.4 Å². The summed E-state index contributed by atoms with van der Waals surface area (Å²) in [4.78, 5) is 2.52. The van der Waals surface area contributed by atoms with Crippen LogP contribution in [0.4, 0.5) is 5.69 Å². The van der Waals surface area contributed by atoms with Crippen LogP contribution in [-0.2, 0) is 6.42 Å². The van der Waals surface area contributed by atoms with E-state index in [4.69, 9.17) is 17.3 Å². The number of nitrogens with zero attached hydrogens (tertiary/aromatic N) is 1. The van der Waals surface area contributed by atoms with E-state index < -0.39 is 0 Å². The molecule has 106 valence electrons. The molecule has 0 bridgehead atoms. The largest absolute Gasteiger partial charge is 0.367 e. The Morgan fingerprint density at radius 1 is 1.32 bits per heavy atom. The van der Waals surface area contributed by atoms with Gasteiger partial charge < -0.3 is 10.6 Å². The lowest BCUT2D eigenvalue weighted by Crippen LogP contribution is -2.34. The Morgan fingerprint density at radius 2 is 2.16 bits per heavy atom. The fraction of sp³-hybridized carbons (Fsp3) is 0.625. The SMILES string of the molecule is CCC1CCCCCN1c1ccc(CCN)cc1Cl. The van der Waals surface area contributed by atoms with Crippen molar-refractivity contribution < 1.29 is 0 Å². The Labute approximate surface area is 121 Å². The van der Waals surface area contributed by atoms with Crippen molar-refractivity contribution in [2.45, 2.75) is 51.5 Å². The lowest BCUT2D eigenvalue weighted by atomic mass is 10.1. The minimum Gasteiger partial charge on any atom is -0.367 e. The molecule has 0 spiro atoms. The second kappa shape index (κ2) is 7.16. The minimum absolute atomic E-state index is 0.639. The van der Waals surface area contributed by atoms with Gasteiger partial charge in [-0.3, -0.25) is 0 Å². The van der Waals surface area contributed by atoms with Crippen molar-refractivity contribution in [1.29, 1.82) is 0 Å². The maximum atomic E-state index is 6.49. The van der Waals surface area contributed by atoms with Crippen LogP contribution in [-0.4, -0.2) is 19.1 Å². The maximum absolute atomic E-state index is 6.49. The molecule has 0 radical (unpaired) electrons. The molecule has 1 atom stereocenters. The molecule has 19 heavy (non-hydrogen) atoms. The second-order valence-corrected chi connectivity index (χ2v) is 5.84. The van der Waals surface area contributed by atoms with E-state index in [2.05, 4.69) is 30.0 Å². The molecule has 1 aromatic rings. The molecule has 0 aliphatic carbocycles. The van der Waals surface area contributed by atoms with Crippen molar-refractivity contribution in [3.63, 3.8) is 0 Å². The first-order valence-electron chi connectivity index (χ1n) is 7.51. The van der Waals surface area contributed by atoms with Crippen LogP contribution in [0.15, 0.2) is 18.2 Å². The molecule has 0 amide bonds. The highest BCUT2D eigenvalue weighted by atomic mass is 35.5. The zero-order chi connectivity index (χ0) is 13.7. The summed E-state index contributed by atoms with van der Waals surface area (Å²) < 4.78 is 0. The molecule has 2 N–H and O–H groups in total. The first-order valence-corrected chi connectivity index (χ1v) is 7.89. The Morgan fingerprint density at radius 3 is 2.84 bits per heavy atom. The monoisotopic (exact) mass is 280 g/mol. The van der Waals surface area contributed by atoms with Crippen LogP contribution in [0.5, 0.6) is 0 Å². The topological polar surface area (TPSA) is 29.3 Å². The van der Waals surface area contributed by atoms with Gasteiger partial charge in [0.2, 0.25) is 0 Å². The quantitative estimate of drug-likeness (QED) is 0.903. The third kappa shape index (κ3) is 3.64. The van der Waals surface area contributed by atoms with Crippen LogP contribution in [0.1, 0.15) is 44.6 Å². The van der Waals surface area contributed by atoms with Gasteiger partial charge in [-0.25, -0.2) is 0 Å². The van der Waals surface area contributed by atoms with Crippen LogP contribution in [0, 0.1) is 0 Å². The summed E-state index contributed by atoms with van der Waals surface area (Å²) in [5.41, 5.74) is 8.04. The van der Waals surface area contributed by atoms with E-state index >= 15 is 0 Å². The lowest BCUT2D eigenvalue weighted by molar-refractivity contribution is 0.556. The number of anilines is 1. The molecule has 1 aliphatic heterocycles. The molecule has 0 aromatic heterocycles. The van der Waals surface area contributed by atoms with Gasteiger partial charge in [0.25, 0.3) is 0 Å². The summed E-state index contributed by atoms with van der Waals surface area (Å²) in [6.07, 6.45) is 7.35. The van der Waals surface area contributed by atoms with Gasteiger partial charge in [-0.05, 0) is 49.9 Å². The number of rotatable bonds is 4. The molecule has 3 heteroatoms.